The molecule has 0 amide bonds. The maximum Gasteiger partial charge on any atom is 0.146 e. The predicted molar refractivity (Wildman–Crippen MR) is 84.5 cm³/mol. The Morgan fingerprint density at radius 1 is 1.38 bits per heavy atom. The van der Waals surface area contributed by atoms with Crippen LogP contribution in [0.25, 0.3) is 10.2 Å². The van der Waals surface area contributed by atoms with Crippen LogP contribution >= 0.6 is 11.3 Å². The number of aromatic nitrogens is 2. The fourth-order valence-electron chi connectivity index (χ4n) is 3.82. The van der Waals surface area contributed by atoms with E-state index in [2.05, 4.69) is 31.6 Å². The van der Waals surface area contributed by atoms with Crippen LogP contribution in [0.2, 0.25) is 0 Å². The van der Waals surface area contributed by atoms with Crippen molar-refractivity contribution in [3.8, 4) is 0 Å². The van der Waals surface area contributed by atoms with Crippen LogP contribution in [-0.4, -0.2) is 46.2 Å². The van der Waals surface area contributed by atoms with Gasteiger partial charge in [0.05, 0.1) is 18.0 Å². The molecular formula is C15H20N4OS. The predicted octanol–water partition coefficient (Wildman–Crippen LogP) is 1.94. The van der Waals surface area contributed by atoms with Gasteiger partial charge in [0.2, 0.25) is 0 Å². The maximum atomic E-state index is 10.0. The van der Waals surface area contributed by atoms with E-state index in [-0.39, 0.29) is 6.10 Å². The van der Waals surface area contributed by atoms with Crippen molar-refractivity contribution in [3.63, 3.8) is 0 Å². The molecule has 2 fully saturated rings. The summed E-state index contributed by atoms with van der Waals surface area (Å²) in [6.45, 7) is 2.83. The Kier molecular flexibility index (Phi) is 3.32. The number of aliphatic hydroxyl groups is 1. The van der Waals surface area contributed by atoms with E-state index in [9.17, 15) is 5.11 Å². The van der Waals surface area contributed by atoms with E-state index in [1.54, 1.807) is 11.3 Å². The van der Waals surface area contributed by atoms with Crippen LogP contribution in [0, 0.1) is 11.8 Å². The van der Waals surface area contributed by atoms with Gasteiger partial charge in [0.1, 0.15) is 16.5 Å². The molecule has 6 heteroatoms. The summed E-state index contributed by atoms with van der Waals surface area (Å²) in [4.78, 5) is 12.8. The summed E-state index contributed by atoms with van der Waals surface area (Å²) in [6, 6.07) is 2.06. The van der Waals surface area contributed by atoms with Crippen molar-refractivity contribution in [2.75, 3.05) is 25.5 Å². The van der Waals surface area contributed by atoms with Crippen molar-refractivity contribution in [2.45, 2.75) is 25.5 Å². The van der Waals surface area contributed by atoms with Gasteiger partial charge in [-0.2, -0.15) is 0 Å². The Labute approximate surface area is 128 Å². The molecule has 3 atom stereocenters. The number of anilines is 1. The lowest BCUT2D eigenvalue weighted by Gasteiger charge is -2.17. The summed E-state index contributed by atoms with van der Waals surface area (Å²) in [5.41, 5.74) is 0. The molecular weight excluding hydrogens is 284 g/mol. The van der Waals surface area contributed by atoms with Crippen molar-refractivity contribution in [3.05, 3.63) is 17.3 Å². The van der Waals surface area contributed by atoms with E-state index in [0.717, 1.165) is 54.3 Å². The lowest BCUT2D eigenvalue weighted by Crippen LogP contribution is -2.25. The molecule has 1 aliphatic carbocycles. The van der Waals surface area contributed by atoms with Crippen LogP contribution in [0.5, 0.6) is 0 Å². The molecule has 21 heavy (non-hydrogen) atoms. The van der Waals surface area contributed by atoms with Crippen LogP contribution in [0.1, 0.15) is 18.7 Å². The van der Waals surface area contributed by atoms with E-state index < -0.39 is 0 Å². The molecule has 2 aliphatic rings. The smallest absolute Gasteiger partial charge is 0.146 e. The minimum atomic E-state index is -0.103. The van der Waals surface area contributed by atoms with Gasteiger partial charge < -0.3 is 10.4 Å². The second kappa shape index (κ2) is 5.19. The monoisotopic (exact) mass is 304 g/mol. The average Bonchev–Trinajstić information content (AvgIpc) is 3.16. The second-order valence-corrected chi connectivity index (χ2v) is 7.04. The summed E-state index contributed by atoms with van der Waals surface area (Å²) in [5.74, 6) is 2.91. The molecule has 1 aliphatic heterocycles. The first-order chi connectivity index (χ1) is 10.2. The van der Waals surface area contributed by atoms with E-state index in [0.29, 0.717) is 11.8 Å². The minimum Gasteiger partial charge on any atom is -0.393 e. The zero-order chi connectivity index (χ0) is 14.4. The highest BCUT2D eigenvalue weighted by molar-refractivity contribution is 7.16. The van der Waals surface area contributed by atoms with E-state index in [1.807, 2.05) is 7.05 Å². The van der Waals surface area contributed by atoms with Gasteiger partial charge in [-0.3, -0.25) is 4.90 Å². The zero-order valence-electron chi connectivity index (χ0n) is 12.1. The average molecular weight is 304 g/mol. The van der Waals surface area contributed by atoms with Crippen LogP contribution < -0.4 is 5.32 Å². The van der Waals surface area contributed by atoms with Gasteiger partial charge in [-0.15, -0.1) is 11.3 Å². The Hall–Kier alpha value is -1.24. The van der Waals surface area contributed by atoms with E-state index in [4.69, 9.17) is 0 Å². The first-order valence-electron chi connectivity index (χ1n) is 7.57. The summed E-state index contributed by atoms with van der Waals surface area (Å²) < 4.78 is 0. The quantitative estimate of drug-likeness (QED) is 0.907. The van der Waals surface area contributed by atoms with Crippen molar-refractivity contribution in [2.24, 2.45) is 11.8 Å². The minimum absolute atomic E-state index is 0.103. The van der Waals surface area contributed by atoms with Crippen LogP contribution in [-0.2, 0) is 6.54 Å². The Morgan fingerprint density at radius 3 is 3.10 bits per heavy atom. The van der Waals surface area contributed by atoms with Crippen LogP contribution in [0.15, 0.2) is 11.4 Å². The molecule has 2 aromatic rings. The largest absolute Gasteiger partial charge is 0.393 e. The zero-order valence-corrected chi connectivity index (χ0v) is 12.9. The Bertz CT molecular complexity index is 658. The van der Waals surface area contributed by atoms with Gasteiger partial charge in [0, 0.05) is 26.1 Å². The van der Waals surface area contributed by atoms with Gasteiger partial charge in [-0.25, -0.2) is 9.97 Å². The SMILES string of the molecule is CNc1nc(CN2CC3CCC(O)C3C2)nc2sccc12. The first-order valence-corrected chi connectivity index (χ1v) is 8.45. The third kappa shape index (κ3) is 2.31. The van der Waals surface area contributed by atoms with Gasteiger partial charge in [-0.05, 0) is 30.2 Å². The number of hydrogen-bond acceptors (Lipinski definition) is 6. The third-order valence-corrected chi connectivity index (χ3v) is 5.67. The number of rotatable bonds is 3. The molecule has 2 aromatic heterocycles. The Morgan fingerprint density at radius 2 is 2.29 bits per heavy atom. The number of aliphatic hydroxyl groups excluding tert-OH is 1. The van der Waals surface area contributed by atoms with Gasteiger partial charge >= 0.3 is 0 Å². The number of thiophene rings is 1. The summed E-state index contributed by atoms with van der Waals surface area (Å²) in [5, 5.41) is 16.3. The van der Waals surface area contributed by atoms with Gasteiger partial charge in [0.15, 0.2) is 0 Å². The third-order valence-electron chi connectivity index (χ3n) is 4.87. The summed E-state index contributed by atoms with van der Waals surface area (Å²) in [7, 11) is 1.90. The highest BCUT2D eigenvalue weighted by Gasteiger charge is 2.41. The summed E-state index contributed by atoms with van der Waals surface area (Å²) >= 11 is 1.66. The molecule has 0 spiro atoms. The molecule has 3 unspecified atom stereocenters. The topological polar surface area (TPSA) is 61.3 Å². The standard InChI is InChI=1S/C15H20N4OS/c1-16-14-10-4-5-21-15(10)18-13(17-14)8-19-6-9-2-3-12(20)11(9)7-19/h4-5,9,11-12,20H,2-3,6-8H2,1H3,(H,16,17,18). The number of likely N-dealkylation sites (tertiary alicyclic amines) is 1. The molecule has 0 bridgehead atoms. The van der Waals surface area contributed by atoms with Gasteiger partial charge in [0.25, 0.3) is 0 Å². The normalized spacial score (nSPS) is 29.1. The fourth-order valence-corrected chi connectivity index (χ4v) is 4.60. The van der Waals surface area contributed by atoms with Crippen molar-refractivity contribution in [1.82, 2.24) is 14.9 Å². The van der Waals surface area contributed by atoms with Crippen molar-refractivity contribution < 1.29 is 5.11 Å². The number of nitrogens with zero attached hydrogens (tertiary/aromatic N) is 3. The highest BCUT2D eigenvalue weighted by atomic mass is 32.1. The molecule has 3 heterocycles. The number of nitrogens with one attached hydrogen (secondary N) is 1. The molecule has 5 nitrogen and oxygen atoms in total. The fraction of sp³-hybridized carbons (Fsp3) is 0.600. The Balaban J connectivity index is 1.55. The van der Waals surface area contributed by atoms with Gasteiger partial charge in [-0.1, -0.05) is 0 Å². The van der Waals surface area contributed by atoms with E-state index >= 15 is 0 Å². The molecule has 112 valence electrons. The highest BCUT2D eigenvalue weighted by Crippen LogP contribution is 2.38. The molecule has 1 saturated heterocycles. The van der Waals surface area contributed by atoms with Crippen molar-refractivity contribution in [1.29, 1.82) is 0 Å². The maximum absolute atomic E-state index is 10.0. The lowest BCUT2D eigenvalue weighted by atomic mass is 10.00. The summed E-state index contributed by atoms with van der Waals surface area (Å²) in [6.07, 6.45) is 2.04. The van der Waals surface area contributed by atoms with Crippen LogP contribution in [0.3, 0.4) is 0 Å². The van der Waals surface area contributed by atoms with E-state index in [1.165, 1.54) is 0 Å². The number of hydrogen-bond donors (Lipinski definition) is 2. The number of fused-ring (bicyclic) bond motifs is 2. The van der Waals surface area contributed by atoms with Crippen LogP contribution in [0.4, 0.5) is 5.82 Å². The molecule has 1 saturated carbocycles. The first kappa shape index (κ1) is 13.4. The molecule has 4 rings (SSSR count). The molecule has 0 radical (unpaired) electrons. The second-order valence-electron chi connectivity index (χ2n) is 6.14. The molecule has 0 aromatic carbocycles. The lowest BCUT2D eigenvalue weighted by molar-refractivity contribution is 0.123. The van der Waals surface area contributed by atoms with Crippen molar-refractivity contribution >= 4 is 27.4 Å². The molecule has 2 N–H and O–H groups in total.